The van der Waals surface area contributed by atoms with Crippen LogP contribution in [-0.2, 0) is 75.8 Å². The van der Waals surface area contributed by atoms with Gasteiger partial charge in [0.2, 0.25) is 0 Å². The van der Waals surface area contributed by atoms with Crippen LogP contribution in [-0.4, -0.2) is 421 Å². The molecule has 88 heavy (non-hydrogen) atoms. The van der Waals surface area contributed by atoms with Gasteiger partial charge in [-0.2, -0.15) is 0 Å². The molecule has 24 N–H and O–H groups in total. The van der Waals surface area contributed by atoms with Gasteiger partial charge < -0.3 is 198 Å². The SMILES string of the molecule is OCC1OC(O)C(O)C(O)C1OC1OC(CO)C(OC2OC(CO)C(OC3OC(CO)C(OC4OC(CO)C(OC5OC(CO)C(OC6OC(CO)C(OC7OC(CO)C8OC8C7O)C(O)C6O)C(O)C5O)C(O)C4O)C(O)C3O)C(O)C2O)C(O)C1O. The van der Waals surface area contributed by atoms with Crippen LogP contribution in [0.3, 0.4) is 0 Å². The number of hydrogen-bond donors (Lipinski definition) is 24. The van der Waals surface area contributed by atoms with Crippen molar-refractivity contribution in [2.75, 3.05) is 52.9 Å². The van der Waals surface area contributed by atoms with Crippen LogP contribution < -0.4 is 0 Å². The van der Waals surface area contributed by atoms with Crippen LogP contribution in [0.1, 0.15) is 0 Å². The highest BCUT2D eigenvalue weighted by Gasteiger charge is 2.61. The van der Waals surface area contributed by atoms with Gasteiger partial charge in [0, 0.05) is 0 Å². The topological polar surface area (TPSA) is 637 Å². The Kier molecular flexibility index (Phi) is 24.1. The van der Waals surface area contributed by atoms with E-state index in [1.165, 1.54) is 0 Å². The molecule has 40 heteroatoms. The van der Waals surface area contributed by atoms with Crippen molar-refractivity contribution in [3.05, 3.63) is 0 Å². The molecule has 0 amide bonds. The Labute approximate surface area is 496 Å². The predicted molar refractivity (Wildman–Crippen MR) is 261 cm³/mol. The Morgan fingerprint density at radius 3 is 0.580 bits per heavy atom. The Hall–Kier alpha value is -1.60. The maximum atomic E-state index is 11.4. The predicted octanol–water partition coefficient (Wildman–Crippen LogP) is -17.4. The van der Waals surface area contributed by atoms with Crippen molar-refractivity contribution in [1.29, 1.82) is 0 Å². The first-order chi connectivity index (χ1) is 41.9. The number of ether oxygens (including phenoxy) is 16. The second kappa shape index (κ2) is 30.0. The molecule has 0 aliphatic carbocycles. The fourth-order valence-electron chi connectivity index (χ4n) is 11.8. The Morgan fingerprint density at radius 2 is 0.364 bits per heavy atom. The van der Waals surface area contributed by atoms with E-state index >= 15 is 0 Å². The van der Waals surface area contributed by atoms with Crippen LogP contribution in [0.2, 0.25) is 0 Å². The maximum Gasteiger partial charge on any atom is 0.187 e. The summed E-state index contributed by atoms with van der Waals surface area (Å²) in [5.74, 6) is 0. The van der Waals surface area contributed by atoms with Gasteiger partial charge in [-0.05, 0) is 0 Å². The third kappa shape index (κ3) is 14.1. The van der Waals surface area contributed by atoms with Crippen LogP contribution in [0.25, 0.3) is 0 Å². The average molecular weight is 1300 g/mol. The van der Waals surface area contributed by atoms with Gasteiger partial charge in [-0.25, -0.2) is 0 Å². The van der Waals surface area contributed by atoms with Gasteiger partial charge in [0.15, 0.2) is 50.3 Å². The van der Waals surface area contributed by atoms with Crippen LogP contribution >= 0.6 is 0 Å². The third-order valence-corrected chi connectivity index (χ3v) is 16.8. The van der Waals surface area contributed by atoms with Gasteiger partial charge in [0.1, 0.15) is 195 Å². The molecule has 9 saturated heterocycles. The summed E-state index contributed by atoms with van der Waals surface area (Å²) in [6, 6.07) is 0. The molecule has 9 fully saturated rings. The number of aliphatic hydroxyl groups is 24. The first-order valence-electron chi connectivity index (χ1n) is 28.1. The first kappa shape index (κ1) is 70.7. The largest absolute Gasteiger partial charge is 0.394 e. The molecule has 9 aliphatic rings. The lowest BCUT2D eigenvalue weighted by Gasteiger charge is -2.50. The number of hydrogen-bond acceptors (Lipinski definition) is 40. The highest BCUT2D eigenvalue weighted by Crippen LogP contribution is 2.41. The zero-order chi connectivity index (χ0) is 64.1. The molecule has 9 rings (SSSR count). The monoisotopic (exact) mass is 1300 g/mol. The highest BCUT2D eigenvalue weighted by atomic mass is 16.8. The molecule has 40 atom stereocenters. The van der Waals surface area contributed by atoms with E-state index in [-0.39, 0.29) is 0 Å². The average Bonchev–Trinajstić information content (AvgIpc) is 2.70. The number of fused-ring (bicyclic) bond motifs is 1. The van der Waals surface area contributed by atoms with Gasteiger partial charge in [-0.3, -0.25) is 0 Å². The van der Waals surface area contributed by atoms with Crippen molar-refractivity contribution in [3.63, 3.8) is 0 Å². The standard InChI is InChI=1S/C48H80O40/c49-1-9-32(17(57)24(64)41(72)73-9)82-42-25(65)18(58)33(10(2-50)74-42)83-43-26(66)19(59)34(11(3-51)75-43)84-44-27(67)20(60)35(12(4-52)76-44)85-45-28(68)21(61)36(13(5-53)77-45)86-46-29(69)22(62)37(14(6-54)78-46)87-47-30(70)23(63)38(15(7-55)79-47)88-48-31(71)40-39(81-40)16(8-56)80-48/h9-72H,1-8H2. The summed E-state index contributed by atoms with van der Waals surface area (Å²) >= 11 is 0. The first-order valence-corrected chi connectivity index (χ1v) is 28.1. The lowest BCUT2D eigenvalue weighted by atomic mass is 9.95. The minimum atomic E-state index is -2.25. The summed E-state index contributed by atoms with van der Waals surface area (Å²) in [6.07, 6.45) is -73.5. The molecule has 512 valence electrons. The normalized spacial score (nSPS) is 54.4. The number of epoxide rings is 1. The second-order valence-corrected chi connectivity index (χ2v) is 22.5. The van der Waals surface area contributed by atoms with Crippen LogP contribution in [0.15, 0.2) is 0 Å². The summed E-state index contributed by atoms with van der Waals surface area (Å²) in [5, 5.41) is 257. The Bertz CT molecular complexity index is 2140. The zero-order valence-corrected chi connectivity index (χ0v) is 46.0. The van der Waals surface area contributed by atoms with Gasteiger partial charge in [-0.1, -0.05) is 0 Å². The molecule has 0 bridgehead atoms. The van der Waals surface area contributed by atoms with E-state index in [0.717, 1.165) is 0 Å². The molecule has 40 unspecified atom stereocenters. The smallest absolute Gasteiger partial charge is 0.187 e. The lowest BCUT2D eigenvalue weighted by Crippen LogP contribution is -2.68. The van der Waals surface area contributed by atoms with Crippen molar-refractivity contribution >= 4 is 0 Å². The van der Waals surface area contributed by atoms with E-state index in [1.54, 1.807) is 0 Å². The Balaban J connectivity index is 0.779. The molecule has 9 aliphatic heterocycles. The highest BCUT2D eigenvalue weighted by molar-refractivity contribution is 5.04. The zero-order valence-electron chi connectivity index (χ0n) is 46.0. The quantitative estimate of drug-likeness (QED) is 0.0448. The minimum absolute atomic E-state index is 0.518. The van der Waals surface area contributed by atoms with Gasteiger partial charge in [0.25, 0.3) is 0 Å². The summed E-state index contributed by atoms with van der Waals surface area (Å²) < 4.78 is 89.4. The van der Waals surface area contributed by atoms with Gasteiger partial charge in [-0.15, -0.1) is 0 Å². The molecule has 9 heterocycles. The Morgan fingerprint density at radius 1 is 0.182 bits per heavy atom. The molecule has 40 nitrogen and oxygen atoms in total. The molecule has 0 aromatic carbocycles. The van der Waals surface area contributed by atoms with Crippen LogP contribution in [0, 0.1) is 0 Å². The lowest BCUT2D eigenvalue weighted by molar-refractivity contribution is -0.398. The van der Waals surface area contributed by atoms with Crippen molar-refractivity contribution < 1.29 is 198 Å². The fourth-order valence-corrected chi connectivity index (χ4v) is 11.8. The summed E-state index contributed by atoms with van der Waals surface area (Å²) in [5.41, 5.74) is 0. The van der Waals surface area contributed by atoms with E-state index in [1.807, 2.05) is 0 Å². The van der Waals surface area contributed by atoms with E-state index in [2.05, 4.69) is 0 Å². The van der Waals surface area contributed by atoms with E-state index < -0.39 is 299 Å². The van der Waals surface area contributed by atoms with Gasteiger partial charge in [0.05, 0.1) is 52.9 Å². The van der Waals surface area contributed by atoms with E-state index in [4.69, 9.17) is 75.8 Å². The van der Waals surface area contributed by atoms with Crippen molar-refractivity contribution in [3.8, 4) is 0 Å². The van der Waals surface area contributed by atoms with Gasteiger partial charge >= 0.3 is 0 Å². The third-order valence-electron chi connectivity index (χ3n) is 16.8. The van der Waals surface area contributed by atoms with E-state index in [0.29, 0.717) is 0 Å². The molecule has 0 saturated carbocycles. The number of aliphatic hydroxyl groups excluding tert-OH is 24. The minimum Gasteiger partial charge on any atom is -0.394 e. The maximum absolute atomic E-state index is 11.4. The molecular formula is C48H80O40. The van der Waals surface area contributed by atoms with Crippen molar-refractivity contribution in [2.24, 2.45) is 0 Å². The molecule has 0 spiro atoms. The van der Waals surface area contributed by atoms with E-state index in [9.17, 15) is 123 Å². The number of rotatable bonds is 22. The second-order valence-electron chi connectivity index (χ2n) is 22.5. The van der Waals surface area contributed by atoms with Crippen molar-refractivity contribution in [1.82, 2.24) is 0 Å². The fraction of sp³-hybridized carbons (Fsp3) is 1.00. The summed E-state index contributed by atoms with van der Waals surface area (Å²) in [7, 11) is 0. The summed E-state index contributed by atoms with van der Waals surface area (Å²) in [4.78, 5) is 0. The molecule has 0 radical (unpaired) electrons. The van der Waals surface area contributed by atoms with Crippen LogP contribution in [0.4, 0.5) is 0 Å². The summed E-state index contributed by atoms with van der Waals surface area (Å²) in [6.45, 7) is -7.55. The van der Waals surface area contributed by atoms with Crippen molar-refractivity contribution in [2.45, 2.75) is 246 Å². The molecule has 0 aromatic heterocycles. The van der Waals surface area contributed by atoms with Crippen LogP contribution in [0.5, 0.6) is 0 Å². The molecule has 0 aromatic rings. The molecular weight excluding hydrogens is 1220 g/mol.